The van der Waals surface area contributed by atoms with Gasteiger partial charge in [0.15, 0.2) is 0 Å². The fraction of sp³-hybridized carbons (Fsp3) is 0.263. The highest BCUT2D eigenvalue weighted by molar-refractivity contribution is 6.30. The number of nitrogens with zero attached hydrogens (tertiary/aromatic N) is 2. The predicted molar refractivity (Wildman–Crippen MR) is 93.1 cm³/mol. The van der Waals surface area contributed by atoms with Crippen molar-refractivity contribution >= 4 is 28.9 Å². The Morgan fingerprint density at radius 2 is 1.96 bits per heavy atom. The second kappa shape index (κ2) is 5.50. The molecule has 0 fully saturated rings. The van der Waals surface area contributed by atoms with Crippen LogP contribution in [0, 0.1) is 12.8 Å². The Bertz CT molecular complexity index is 811. The highest BCUT2D eigenvalue weighted by Crippen LogP contribution is 2.34. The summed E-state index contributed by atoms with van der Waals surface area (Å²) >= 11 is 5.94. The first-order chi connectivity index (χ1) is 11.1. The average Bonchev–Trinajstić information content (AvgIpc) is 2.55. The van der Waals surface area contributed by atoms with Crippen molar-refractivity contribution in [3.63, 3.8) is 0 Å². The van der Waals surface area contributed by atoms with Crippen LogP contribution in [-0.4, -0.2) is 11.6 Å². The molecule has 23 heavy (non-hydrogen) atoms. The first-order valence-corrected chi connectivity index (χ1v) is 8.26. The summed E-state index contributed by atoms with van der Waals surface area (Å²) in [5.41, 5.74) is 5.57. The minimum Gasteiger partial charge on any atom is -0.273 e. The van der Waals surface area contributed by atoms with Crippen LogP contribution in [0.4, 0.5) is 5.69 Å². The summed E-state index contributed by atoms with van der Waals surface area (Å²) < 4.78 is 0. The zero-order chi connectivity index (χ0) is 16.0. The van der Waals surface area contributed by atoms with Gasteiger partial charge in [-0.1, -0.05) is 29.3 Å². The van der Waals surface area contributed by atoms with Gasteiger partial charge in [0.1, 0.15) is 0 Å². The van der Waals surface area contributed by atoms with E-state index in [0.29, 0.717) is 11.4 Å². The van der Waals surface area contributed by atoms with Gasteiger partial charge in [0.05, 0.1) is 11.4 Å². The smallest absolute Gasteiger partial charge is 0.248 e. The molecule has 0 saturated carbocycles. The fourth-order valence-electron chi connectivity index (χ4n) is 3.41. The monoisotopic (exact) mass is 324 g/mol. The lowest BCUT2D eigenvalue weighted by atomic mass is 9.79. The molecule has 1 atom stereocenters. The molecule has 1 aliphatic heterocycles. The standard InChI is InChI=1S/C19H17ClN2O/c1-12-2-3-13-4-5-14-11-18(23)22(21-19(14)17(13)10-12)16-8-6-15(20)7-9-16/h2-3,6-10,14H,4-5,11H2,1H3. The third-order valence-corrected chi connectivity index (χ3v) is 4.88. The van der Waals surface area contributed by atoms with Crippen LogP contribution < -0.4 is 5.01 Å². The van der Waals surface area contributed by atoms with Crippen molar-refractivity contribution < 1.29 is 4.79 Å². The molecule has 2 aliphatic rings. The van der Waals surface area contributed by atoms with E-state index >= 15 is 0 Å². The maximum absolute atomic E-state index is 12.5. The molecule has 4 rings (SSSR count). The molecule has 1 aliphatic carbocycles. The Balaban J connectivity index is 1.81. The van der Waals surface area contributed by atoms with Crippen LogP contribution in [0.1, 0.15) is 29.5 Å². The number of hydrogen-bond acceptors (Lipinski definition) is 2. The van der Waals surface area contributed by atoms with E-state index < -0.39 is 0 Å². The van der Waals surface area contributed by atoms with E-state index in [0.717, 1.165) is 24.2 Å². The van der Waals surface area contributed by atoms with E-state index in [1.807, 2.05) is 12.1 Å². The molecule has 0 bridgehead atoms. The molecule has 0 N–H and O–H groups in total. The van der Waals surface area contributed by atoms with Crippen LogP contribution in [0.3, 0.4) is 0 Å². The molecule has 3 nitrogen and oxygen atoms in total. The molecule has 1 amide bonds. The lowest BCUT2D eigenvalue weighted by Gasteiger charge is -2.33. The summed E-state index contributed by atoms with van der Waals surface area (Å²) in [4.78, 5) is 12.5. The van der Waals surface area contributed by atoms with Crippen molar-refractivity contribution in [2.75, 3.05) is 5.01 Å². The summed E-state index contributed by atoms with van der Waals surface area (Å²) in [5, 5.41) is 6.91. The molecule has 0 spiro atoms. The number of aryl methyl sites for hydroxylation is 2. The van der Waals surface area contributed by atoms with Crippen molar-refractivity contribution in [2.24, 2.45) is 11.0 Å². The summed E-state index contributed by atoms with van der Waals surface area (Å²) in [6, 6.07) is 13.8. The zero-order valence-electron chi connectivity index (χ0n) is 12.9. The number of halogens is 1. The Morgan fingerprint density at radius 1 is 1.17 bits per heavy atom. The number of hydrogen-bond donors (Lipinski definition) is 0. The van der Waals surface area contributed by atoms with Crippen LogP contribution in [-0.2, 0) is 11.2 Å². The lowest BCUT2D eigenvalue weighted by molar-refractivity contribution is -0.119. The average molecular weight is 325 g/mol. The van der Waals surface area contributed by atoms with Crippen LogP contribution in [0.15, 0.2) is 47.6 Å². The molecule has 0 saturated heterocycles. The number of anilines is 1. The largest absolute Gasteiger partial charge is 0.273 e. The van der Waals surface area contributed by atoms with Crippen molar-refractivity contribution in [3.05, 3.63) is 64.2 Å². The van der Waals surface area contributed by atoms with Gasteiger partial charge in [-0.05, 0) is 55.7 Å². The van der Waals surface area contributed by atoms with Gasteiger partial charge < -0.3 is 0 Å². The minimum atomic E-state index is 0.0529. The Labute approximate surface area is 140 Å². The van der Waals surface area contributed by atoms with E-state index in [9.17, 15) is 4.79 Å². The first-order valence-electron chi connectivity index (χ1n) is 7.89. The SMILES string of the molecule is Cc1ccc2c(c1)C1=NN(c3ccc(Cl)cc3)C(=O)CC1CC2. The van der Waals surface area contributed by atoms with Gasteiger partial charge in [0, 0.05) is 22.9 Å². The number of amides is 1. The van der Waals surface area contributed by atoms with Crippen LogP contribution in [0.25, 0.3) is 0 Å². The van der Waals surface area contributed by atoms with Gasteiger partial charge in [-0.3, -0.25) is 4.79 Å². The topological polar surface area (TPSA) is 32.7 Å². The van der Waals surface area contributed by atoms with Crippen molar-refractivity contribution in [2.45, 2.75) is 26.2 Å². The third-order valence-electron chi connectivity index (χ3n) is 4.63. The van der Waals surface area contributed by atoms with Gasteiger partial charge in [0.2, 0.25) is 5.91 Å². The zero-order valence-corrected chi connectivity index (χ0v) is 13.7. The Morgan fingerprint density at radius 3 is 2.74 bits per heavy atom. The molecule has 1 heterocycles. The molecular weight excluding hydrogens is 308 g/mol. The molecule has 2 aromatic rings. The minimum absolute atomic E-state index is 0.0529. The summed E-state index contributed by atoms with van der Waals surface area (Å²) in [6.45, 7) is 2.09. The van der Waals surface area contributed by atoms with Crippen molar-refractivity contribution in [1.29, 1.82) is 0 Å². The molecule has 2 aromatic carbocycles. The van der Waals surface area contributed by atoms with E-state index in [1.165, 1.54) is 21.7 Å². The maximum Gasteiger partial charge on any atom is 0.248 e. The second-order valence-electron chi connectivity index (χ2n) is 6.27. The van der Waals surface area contributed by atoms with Crippen molar-refractivity contribution in [1.82, 2.24) is 0 Å². The third kappa shape index (κ3) is 2.55. The van der Waals surface area contributed by atoms with Gasteiger partial charge in [0.25, 0.3) is 0 Å². The second-order valence-corrected chi connectivity index (χ2v) is 6.70. The lowest BCUT2D eigenvalue weighted by Crippen LogP contribution is -2.39. The quantitative estimate of drug-likeness (QED) is 0.767. The van der Waals surface area contributed by atoms with Crippen LogP contribution >= 0.6 is 11.6 Å². The van der Waals surface area contributed by atoms with E-state index in [4.69, 9.17) is 16.7 Å². The number of benzene rings is 2. The predicted octanol–water partition coefficient (Wildman–Crippen LogP) is 4.35. The molecule has 116 valence electrons. The molecule has 0 aromatic heterocycles. The van der Waals surface area contributed by atoms with Crippen LogP contribution in [0.5, 0.6) is 0 Å². The number of carbonyl (C=O) groups excluding carboxylic acids is 1. The van der Waals surface area contributed by atoms with Crippen molar-refractivity contribution in [3.8, 4) is 0 Å². The number of hydrazone groups is 1. The fourth-order valence-corrected chi connectivity index (χ4v) is 3.54. The number of rotatable bonds is 1. The highest BCUT2D eigenvalue weighted by Gasteiger charge is 2.34. The summed E-state index contributed by atoms with van der Waals surface area (Å²) in [6.07, 6.45) is 2.54. The van der Waals surface area contributed by atoms with Gasteiger partial charge in [-0.2, -0.15) is 5.10 Å². The number of carbonyl (C=O) groups is 1. The maximum atomic E-state index is 12.5. The van der Waals surface area contributed by atoms with E-state index in [2.05, 4.69) is 25.1 Å². The Hall–Kier alpha value is -2.13. The van der Waals surface area contributed by atoms with Gasteiger partial charge in [-0.25, -0.2) is 5.01 Å². The summed E-state index contributed by atoms with van der Waals surface area (Å²) in [7, 11) is 0. The van der Waals surface area contributed by atoms with E-state index in [-0.39, 0.29) is 11.8 Å². The molecule has 4 heteroatoms. The number of fused-ring (bicyclic) bond motifs is 3. The molecular formula is C19H17ClN2O. The normalized spacial score (nSPS) is 19.9. The van der Waals surface area contributed by atoms with Gasteiger partial charge >= 0.3 is 0 Å². The first kappa shape index (κ1) is 14.5. The van der Waals surface area contributed by atoms with Gasteiger partial charge in [-0.15, -0.1) is 0 Å². The van der Waals surface area contributed by atoms with E-state index in [1.54, 1.807) is 12.1 Å². The summed E-state index contributed by atoms with van der Waals surface area (Å²) in [5.74, 6) is 0.289. The molecule has 1 unspecified atom stereocenters. The Kier molecular flexibility index (Phi) is 3.46. The van der Waals surface area contributed by atoms with Crippen LogP contribution in [0.2, 0.25) is 5.02 Å². The molecule has 0 radical (unpaired) electrons. The highest BCUT2D eigenvalue weighted by atomic mass is 35.5.